The quantitative estimate of drug-likeness (QED) is 0.348. The van der Waals surface area contributed by atoms with E-state index < -0.39 is 9.84 Å². The third kappa shape index (κ3) is 6.33. The third-order valence-electron chi connectivity index (χ3n) is 1.52. The number of nitrogens with one attached hydrogen (secondary N) is 1. The lowest BCUT2D eigenvalue weighted by atomic mass is 10.2. The molecule has 0 fully saturated rings. The molecular weight excluding hydrogens is 176 g/mol. The molecule has 1 atom stereocenters. The van der Waals surface area contributed by atoms with Crippen LogP contribution in [-0.4, -0.2) is 26.5 Å². The van der Waals surface area contributed by atoms with Gasteiger partial charge >= 0.3 is 0 Å². The van der Waals surface area contributed by atoms with Gasteiger partial charge in [-0.3, -0.25) is 11.3 Å². The maximum Gasteiger partial charge on any atom is 0.147 e. The molecule has 0 heterocycles. The Balaban J connectivity index is 3.80. The fourth-order valence-electron chi connectivity index (χ4n) is 0.827. The molecule has 0 aliphatic rings. The molecule has 0 aromatic rings. The Morgan fingerprint density at radius 3 is 2.58 bits per heavy atom. The van der Waals surface area contributed by atoms with Crippen LogP contribution in [0, 0.1) is 0 Å². The van der Waals surface area contributed by atoms with Crippen molar-refractivity contribution in [1.82, 2.24) is 5.43 Å². The Bertz CT molecular complexity index is 224. The lowest BCUT2D eigenvalue weighted by Gasteiger charge is -2.11. The average Bonchev–Trinajstić information content (AvgIpc) is 1.96. The van der Waals surface area contributed by atoms with Gasteiger partial charge in [0.2, 0.25) is 0 Å². The summed E-state index contributed by atoms with van der Waals surface area (Å²) in [5, 5.41) is 0. The van der Waals surface area contributed by atoms with Crippen LogP contribution >= 0.6 is 0 Å². The van der Waals surface area contributed by atoms with Crippen molar-refractivity contribution in [2.45, 2.75) is 18.9 Å². The van der Waals surface area contributed by atoms with Crippen molar-refractivity contribution in [2.75, 3.05) is 12.0 Å². The highest BCUT2D eigenvalue weighted by Crippen LogP contribution is 1.99. The second-order valence-electron chi connectivity index (χ2n) is 2.81. The fraction of sp³-hybridized carbons (Fsp3) is 0.714. The highest BCUT2D eigenvalue weighted by molar-refractivity contribution is 7.90. The van der Waals surface area contributed by atoms with Gasteiger partial charge in [-0.05, 0) is 12.8 Å². The summed E-state index contributed by atoms with van der Waals surface area (Å²) in [5.74, 6) is 5.36. The zero-order valence-electron chi connectivity index (χ0n) is 7.29. The van der Waals surface area contributed by atoms with E-state index in [9.17, 15) is 8.42 Å². The first-order chi connectivity index (χ1) is 5.49. The van der Waals surface area contributed by atoms with Gasteiger partial charge in [-0.25, -0.2) is 8.42 Å². The molecule has 72 valence electrons. The van der Waals surface area contributed by atoms with Crippen molar-refractivity contribution >= 4 is 9.84 Å². The first-order valence-electron chi connectivity index (χ1n) is 3.74. The Morgan fingerprint density at radius 1 is 1.67 bits per heavy atom. The molecule has 0 aromatic carbocycles. The molecule has 0 aliphatic heterocycles. The van der Waals surface area contributed by atoms with E-state index in [2.05, 4.69) is 12.0 Å². The summed E-state index contributed by atoms with van der Waals surface area (Å²) in [6.45, 7) is 3.55. The summed E-state index contributed by atoms with van der Waals surface area (Å²) in [6, 6.07) is 0.0113. The molecule has 3 N–H and O–H groups in total. The molecule has 0 saturated carbocycles. The number of hydrogen-bond acceptors (Lipinski definition) is 4. The van der Waals surface area contributed by atoms with Gasteiger partial charge in [-0.1, -0.05) is 6.08 Å². The maximum atomic E-state index is 10.8. The lowest BCUT2D eigenvalue weighted by molar-refractivity contribution is 0.514. The van der Waals surface area contributed by atoms with Gasteiger partial charge in [0.15, 0.2) is 0 Å². The second kappa shape index (κ2) is 5.29. The minimum absolute atomic E-state index is 0.0113. The van der Waals surface area contributed by atoms with Crippen LogP contribution in [0.5, 0.6) is 0 Å². The van der Waals surface area contributed by atoms with Crippen LogP contribution < -0.4 is 11.3 Å². The molecule has 0 radical (unpaired) electrons. The second-order valence-corrected chi connectivity index (χ2v) is 5.07. The third-order valence-corrected chi connectivity index (χ3v) is 2.50. The SMILES string of the molecule is C=CCC(CCS(C)(=O)=O)NN. The fourth-order valence-corrected chi connectivity index (χ4v) is 1.54. The van der Waals surface area contributed by atoms with E-state index in [1.54, 1.807) is 6.08 Å². The van der Waals surface area contributed by atoms with Crippen LogP contribution in [0.4, 0.5) is 0 Å². The van der Waals surface area contributed by atoms with Crippen molar-refractivity contribution in [3.63, 3.8) is 0 Å². The average molecular weight is 192 g/mol. The van der Waals surface area contributed by atoms with Gasteiger partial charge < -0.3 is 0 Å². The van der Waals surface area contributed by atoms with E-state index in [0.29, 0.717) is 12.8 Å². The molecule has 0 spiro atoms. The molecule has 0 aliphatic carbocycles. The minimum atomic E-state index is -2.88. The minimum Gasteiger partial charge on any atom is -0.271 e. The van der Waals surface area contributed by atoms with Crippen LogP contribution in [0.15, 0.2) is 12.7 Å². The van der Waals surface area contributed by atoms with Gasteiger partial charge in [0, 0.05) is 12.3 Å². The van der Waals surface area contributed by atoms with E-state index in [0.717, 1.165) is 0 Å². The van der Waals surface area contributed by atoms with Crippen LogP contribution in [0.3, 0.4) is 0 Å². The van der Waals surface area contributed by atoms with Crippen molar-refractivity contribution in [2.24, 2.45) is 5.84 Å². The van der Waals surface area contributed by atoms with E-state index in [1.165, 1.54) is 6.26 Å². The largest absolute Gasteiger partial charge is 0.271 e. The predicted octanol–water partition coefficient (Wildman–Crippen LogP) is -0.171. The number of nitrogens with two attached hydrogens (primary N) is 1. The summed E-state index contributed by atoms with van der Waals surface area (Å²) in [4.78, 5) is 0. The first kappa shape index (κ1) is 11.6. The lowest BCUT2D eigenvalue weighted by Crippen LogP contribution is -2.36. The number of hydrogen-bond donors (Lipinski definition) is 2. The summed E-state index contributed by atoms with van der Waals surface area (Å²) < 4.78 is 21.5. The molecule has 0 saturated heterocycles. The van der Waals surface area contributed by atoms with E-state index in [4.69, 9.17) is 5.84 Å². The Labute approximate surface area is 73.7 Å². The number of rotatable bonds is 6. The summed E-state index contributed by atoms with van der Waals surface area (Å²) in [6.07, 6.45) is 4.15. The zero-order valence-corrected chi connectivity index (χ0v) is 8.10. The van der Waals surface area contributed by atoms with Crippen molar-refractivity contribution in [3.8, 4) is 0 Å². The molecule has 0 aromatic heterocycles. The van der Waals surface area contributed by atoms with Crippen molar-refractivity contribution in [3.05, 3.63) is 12.7 Å². The van der Waals surface area contributed by atoms with Gasteiger partial charge in [-0.2, -0.15) is 0 Å². The Morgan fingerprint density at radius 2 is 2.25 bits per heavy atom. The van der Waals surface area contributed by atoms with E-state index >= 15 is 0 Å². The first-order valence-corrected chi connectivity index (χ1v) is 5.80. The maximum absolute atomic E-state index is 10.8. The number of sulfone groups is 1. The number of hydrazine groups is 1. The van der Waals surface area contributed by atoms with Crippen molar-refractivity contribution < 1.29 is 8.42 Å². The Kier molecular flexibility index (Phi) is 5.12. The normalized spacial score (nSPS) is 14.2. The smallest absolute Gasteiger partial charge is 0.147 e. The van der Waals surface area contributed by atoms with Crippen LogP contribution in [0.25, 0.3) is 0 Å². The monoisotopic (exact) mass is 192 g/mol. The molecule has 1 unspecified atom stereocenters. The van der Waals surface area contributed by atoms with Gasteiger partial charge in [0.25, 0.3) is 0 Å². The van der Waals surface area contributed by atoms with E-state index in [-0.39, 0.29) is 11.8 Å². The van der Waals surface area contributed by atoms with Gasteiger partial charge in [0.1, 0.15) is 9.84 Å². The molecule has 0 rings (SSSR count). The van der Waals surface area contributed by atoms with Crippen LogP contribution in [0.2, 0.25) is 0 Å². The molecule has 12 heavy (non-hydrogen) atoms. The predicted molar refractivity (Wildman–Crippen MR) is 50.3 cm³/mol. The Hall–Kier alpha value is -0.390. The summed E-state index contributed by atoms with van der Waals surface area (Å²) in [7, 11) is -2.88. The zero-order chi connectivity index (χ0) is 9.61. The molecule has 0 amide bonds. The van der Waals surface area contributed by atoms with E-state index in [1.807, 2.05) is 0 Å². The van der Waals surface area contributed by atoms with Crippen LogP contribution in [0.1, 0.15) is 12.8 Å². The molecular formula is C7H16N2O2S. The topological polar surface area (TPSA) is 72.2 Å². The molecule has 4 nitrogen and oxygen atoms in total. The molecule has 5 heteroatoms. The highest BCUT2D eigenvalue weighted by atomic mass is 32.2. The van der Waals surface area contributed by atoms with Gasteiger partial charge in [0.05, 0.1) is 5.75 Å². The van der Waals surface area contributed by atoms with Gasteiger partial charge in [-0.15, -0.1) is 6.58 Å². The highest BCUT2D eigenvalue weighted by Gasteiger charge is 2.08. The van der Waals surface area contributed by atoms with Crippen LogP contribution in [-0.2, 0) is 9.84 Å². The van der Waals surface area contributed by atoms with Crippen molar-refractivity contribution in [1.29, 1.82) is 0 Å². The molecule has 0 bridgehead atoms. The summed E-state index contributed by atoms with van der Waals surface area (Å²) in [5.41, 5.74) is 2.54. The standard InChI is InChI=1S/C7H16N2O2S/c1-3-4-7(9-8)5-6-12(2,10)11/h3,7,9H,1,4-6,8H2,2H3. The summed E-state index contributed by atoms with van der Waals surface area (Å²) >= 11 is 0.